The van der Waals surface area contributed by atoms with Crippen molar-refractivity contribution in [2.24, 2.45) is 0 Å². The molecule has 0 aliphatic carbocycles. The molecule has 3 heteroatoms. The van der Waals surface area contributed by atoms with E-state index in [0.717, 1.165) is 19.6 Å². The Kier molecular flexibility index (Phi) is 4.81. The third-order valence-corrected chi connectivity index (χ3v) is 6.47. The zero-order chi connectivity index (χ0) is 16.4. The molecule has 4 rings (SSSR count). The molecule has 0 radical (unpaired) electrons. The van der Waals surface area contributed by atoms with Crippen molar-refractivity contribution in [3.8, 4) is 0 Å². The molecule has 0 aromatic heterocycles. The van der Waals surface area contributed by atoms with Crippen LogP contribution in [-0.2, 0) is 13.0 Å². The van der Waals surface area contributed by atoms with Crippen molar-refractivity contribution in [2.45, 2.75) is 43.7 Å². The van der Waals surface area contributed by atoms with Crippen LogP contribution < -0.4 is 10.2 Å². The van der Waals surface area contributed by atoms with Gasteiger partial charge in [-0.15, -0.1) is 11.8 Å². The van der Waals surface area contributed by atoms with Crippen LogP contribution in [0.5, 0.6) is 0 Å². The topological polar surface area (TPSA) is 15.3 Å². The molecule has 2 heterocycles. The van der Waals surface area contributed by atoms with Gasteiger partial charge in [0.25, 0.3) is 0 Å². The SMILES string of the molecule is Cc1ccccc1CN(c1ccc2c(c1)CCS2)C1CCNCC1. The van der Waals surface area contributed by atoms with E-state index in [1.54, 1.807) is 5.56 Å². The average molecular weight is 339 g/mol. The first kappa shape index (κ1) is 16.0. The second-order valence-electron chi connectivity index (χ2n) is 6.93. The second-order valence-corrected chi connectivity index (χ2v) is 8.06. The minimum absolute atomic E-state index is 0.637. The van der Waals surface area contributed by atoms with Gasteiger partial charge in [-0.2, -0.15) is 0 Å². The molecule has 126 valence electrons. The van der Waals surface area contributed by atoms with Gasteiger partial charge in [-0.1, -0.05) is 24.3 Å². The maximum absolute atomic E-state index is 3.51. The summed E-state index contributed by atoms with van der Waals surface area (Å²) in [7, 11) is 0. The maximum atomic E-state index is 3.51. The monoisotopic (exact) mass is 338 g/mol. The number of anilines is 1. The Bertz CT molecular complexity index is 707. The Morgan fingerprint density at radius 3 is 2.79 bits per heavy atom. The van der Waals surface area contributed by atoms with Gasteiger partial charge in [0, 0.05) is 28.9 Å². The predicted molar refractivity (Wildman–Crippen MR) is 104 cm³/mol. The lowest BCUT2D eigenvalue weighted by Crippen LogP contribution is -2.43. The van der Waals surface area contributed by atoms with Gasteiger partial charge in [0.1, 0.15) is 0 Å². The molecule has 1 fully saturated rings. The van der Waals surface area contributed by atoms with E-state index in [1.807, 2.05) is 11.8 Å². The van der Waals surface area contributed by atoms with Crippen LogP contribution in [0.15, 0.2) is 47.4 Å². The largest absolute Gasteiger partial charge is 0.364 e. The first-order valence-electron chi connectivity index (χ1n) is 9.09. The number of nitrogens with one attached hydrogen (secondary N) is 1. The van der Waals surface area contributed by atoms with Crippen molar-refractivity contribution in [3.63, 3.8) is 0 Å². The number of fused-ring (bicyclic) bond motifs is 1. The fraction of sp³-hybridized carbons (Fsp3) is 0.429. The van der Waals surface area contributed by atoms with Gasteiger partial charge in [-0.3, -0.25) is 0 Å². The van der Waals surface area contributed by atoms with Crippen LogP contribution in [0.3, 0.4) is 0 Å². The molecule has 2 nitrogen and oxygen atoms in total. The fourth-order valence-electron chi connectivity index (χ4n) is 3.87. The quantitative estimate of drug-likeness (QED) is 0.889. The highest BCUT2D eigenvalue weighted by atomic mass is 32.2. The third-order valence-electron chi connectivity index (χ3n) is 5.36. The molecule has 2 aromatic rings. The number of hydrogen-bond acceptors (Lipinski definition) is 3. The summed E-state index contributed by atoms with van der Waals surface area (Å²) in [6, 6.07) is 16.6. The summed E-state index contributed by atoms with van der Waals surface area (Å²) < 4.78 is 0. The highest BCUT2D eigenvalue weighted by Crippen LogP contribution is 2.35. The summed E-state index contributed by atoms with van der Waals surface area (Å²) in [5.74, 6) is 1.24. The summed E-state index contributed by atoms with van der Waals surface area (Å²) in [4.78, 5) is 4.15. The number of nitrogens with zero attached hydrogens (tertiary/aromatic N) is 1. The molecule has 0 spiro atoms. The van der Waals surface area contributed by atoms with Crippen LogP contribution in [0.4, 0.5) is 5.69 Å². The minimum atomic E-state index is 0.637. The van der Waals surface area contributed by atoms with Gasteiger partial charge in [-0.25, -0.2) is 0 Å². The number of hydrogen-bond donors (Lipinski definition) is 1. The van der Waals surface area contributed by atoms with Crippen LogP contribution >= 0.6 is 11.8 Å². The Morgan fingerprint density at radius 1 is 1.12 bits per heavy atom. The Hall–Kier alpha value is -1.45. The molecule has 0 bridgehead atoms. The molecule has 2 aromatic carbocycles. The second kappa shape index (κ2) is 7.20. The van der Waals surface area contributed by atoms with Crippen LogP contribution in [-0.4, -0.2) is 24.9 Å². The summed E-state index contributed by atoms with van der Waals surface area (Å²) in [5.41, 5.74) is 5.80. The van der Waals surface area contributed by atoms with E-state index in [4.69, 9.17) is 0 Å². The van der Waals surface area contributed by atoms with E-state index in [-0.39, 0.29) is 0 Å². The maximum Gasteiger partial charge on any atom is 0.0435 e. The molecule has 0 saturated carbocycles. The van der Waals surface area contributed by atoms with Crippen molar-refractivity contribution in [1.29, 1.82) is 0 Å². The third kappa shape index (κ3) is 3.33. The smallest absolute Gasteiger partial charge is 0.0435 e. The first-order valence-corrected chi connectivity index (χ1v) is 10.1. The van der Waals surface area contributed by atoms with Gasteiger partial charge >= 0.3 is 0 Å². The van der Waals surface area contributed by atoms with Crippen molar-refractivity contribution in [3.05, 3.63) is 59.2 Å². The molecule has 24 heavy (non-hydrogen) atoms. The number of aryl methyl sites for hydroxylation is 2. The standard InChI is InChI=1S/C21H26N2S/c1-16-4-2-3-5-18(16)15-23(19-8-11-22-12-9-19)20-6-7-21-17(14-20)10-13-24-21/h2-7,14,19,22H,8-13,15H2,1H3. The van der Waals surface area contributed by atoms with E-state index >= 15 is 0 Å². The van der Waals surface area contributed by atoms with Crippen molar-refractivity contribution in [2.75, 3.05) is 23.7 Å². The fourth-order valence-corrected chi connectivity index (χ4v) is 4.92. The van der Waals surface area contributed by atoms with Crippen LogP contribution in [0.2, 0.25) is 0 Å². The van der Waals surface area contributed by atoms with Crippen LogP contribution in [0, 0.1) is 6.92 Å². The molecule has 2 aliphatic rings. The zero-order valence-electron chi connectivity index (χ0n) is 14.4. The van der Waals surface area contributed by atoms with Gasteiger partial charge in [0.15, 0.2) is 0 Å². The molecule has 2 aliphatic heterocycles. The van der Waals surface area contributed by atoms with Gasteiger partial charge < -0.3 is 10.2 Å². The summed E-state index contributed by atoms with van der Waals surface area (Å²) in [6.45, 7) is 5.52. The molecule has 1 saturated heterocycles. The molecule has 0 atom stereocenters. The molecular formula is C21H26N2S. The predicted octanol–water partition coefficient (Wildman–Crippen LogP) is 4.40. The van der Waals surface area contributed by atoms with Gasteiger partial charge in [-0.05, 0) is 74.2 Å². The highest BCUT2D eigenvalue weighted by Gasteiger charge is 2.23. The number of benzene rings is 2. The summed E-state index contributed by atoms with van der Waals surface area (Å²) in [6.07, 6.45) is 3.69. The lowest BCUT2D eigenvalue weighted by atomic mass is 10.0. The highest BCUT2D eigenvalue weighted by molar-refractivity contribution is 7.99. The lowest BCUT2D eigenvalue weighted by Gasteiger charge is -2.37. The molecular weight excluding hydrogens is 312 g/mol. The van der Waals surface area contributed by atoms with Crippen molar-refractivity contribution >= 4 is 17.4 Å². The Morgan fingerprint density at radius 2 is 1.96 bits per heavy atom. The lowest BCUT2D eigenvalue weighted by molar-refractivity contribution is 0.428. The first-order chi connectivity index (χ1) is 11.8. The van der Waals surface area contributed by atoms with Crippen LogP contribution in [0.1, 0.15) is 29.5 Å². The molecule has 0 amide bonds. The normalized spacial score (nSPS) is 17.7. The van der Waals surface area contributed by atoms with E-state index in [0.29, 0.717) is 6.04 Å². The Balaban J connectivity index is 1.66. The number of thioether (sulfide) groups is 1. The number of rotatable bonds is 4. The van der Waals surface area contributed by atoms with E-state index < -0.39 is 0 Å². The Labute approximate surface area is 149 Å². The van der Waals surface area contributed by atoms with Crippen molar-refractivity contribution < 1.29 is 0 Å². The zero-order valence-corrected chi connectivity index (χ0v) is 15.2. The van der Waals surface area contributed by atoms with E-state index in [9.17, 15) is 0 Å². The van der Waals surface area contributed by atoms with E-state index in [1.165, 1.54) is 46.7 Å². The van der Waals surface area contributed by atoms with Gasteiger partial charge in [0.2, 0.25) is 0 Å². The van der Waals surface area contributed by atoms with Crippen LogP contribution in [0.25, 0.3) is 0 Å². The summed E-state index contributed by atoms with van der Waals surface area (Å²) in [5, 5.41) is 3.51. The van der Waals surface area contributed by atoms with E-state index in [2.05, 4.69) is 59.6 Å². The number of piperidine rings is 1. The molecule has 0 unspecified atom stereocenters. The van der Waals surface area contributed by atoms with Crippen molar-refractivity contribution in [1.82, 2.24) is 5.32 Å². The van der Waals surface area contributed by atoms with Gasteiger partial charge in [0.05, 0.1) is 0 Å². The molecule has 1 N–H and O–H groups in total. The minimum Gasteiger partial charge on any atom is -0.364 e. The summed E-state index contributed by atoms with van der Waals surface area (Å²) >= 11 is 2.00. The average Bonchev–Trinajstić information content (AvgIpc) is 3.09.